The number of thiophene rings is 1. The molecule has 138 valence electrons. The number of carboxylic acid groups (broad SMARTS) is 1. The summed E-state index contributed by atoms with van der Waals surface area (Å²) in [6.07, 6.45) is 2.32. The highest BCUT2D eigenvalue weighted by Gasteiger charge is 2.07. The van der Waals surface area contributed by atoms with Gasteiger partial charge in [-0.05, 0) is 42.0 Å². The van der Waals surface area contributed by atoms with Gasteiger partial charge in [0.25, 0.3) is 11.8 Å². The highest BCUT2D eigenvalue weighted by atomic mass is 32.1. The van der Waals surface area contributed by atoms with Crippen LogP contribution in [0.3, 0.4) is 0 Å². The van der Waals surface area contributed by atoms with Crippen LogP contribution in [0, 0.1) is 0 Å². The van der Waals surface area contributed by atoms with Crippen molar-refractivity contribution in [2.45, 2.75) is 32.2 Å². The van der Waals surface area contributed by atoms with E-state index in [0.29, 0.717) is 30.0 Å². The highest BCUT2D eigenvalue weighted by Crippen LogP contribution is 2.09. The van der Waals surface area contributed by atoms with Crippen LogP contribution < -0.4 is 10.6 Å². The molecule has 0 unspecified atom stereocenters. The number of hydrogen-bond donors (Lipinski definition) is 3. The first-order valence-corrected chi connectivity index (χ1v) is 9.35. The second-order valence-electron chi connectivity index (χ2n) is 5.82. The van der Waals surface area contributed by atoms with E-state index < -0.39 is 5.97 Å². The summed E-state index contributed by atoms with van der Waals surface area (Å²) in [6.45, 7) is 0.930. The predicted octanol–water partition coefficient (Wildman–Crippen LogP) is 3.05. The fraction of sp³-hybridized carbons (Fsp3) is 0.316. The molecule has 2 amide bonds. The quantitative estimate of drug-likeness (QED) is 0.557. The molecule has 2 rings (SSSR count). The number of hydrogen-bond acceptors (Lipinski definition) is 4. The molecule has 1 heterocycles. The number of amides is 2. The Kier molecular flexibility index (Phi) is 7.82. The normalized spacial score (nSPS) is 10.3. The number of rotatable bonds is 10. The lowest BCUT2D eigenvalue weighted by atomic mass is 10.1. The van der Waals surface area contributed by atoms with E-state index in [-0.39, 0.29) is 18.2 Å². The number of aliphatic carboxylic acids is 1. The number of carbonyl (C=O) groups is 3. The topological polar surface area (TPSA) is 95.5 Å². The van der Waals surface area contributed by atoms with Gasteiger partial charge in [-0.25, -0.2) is 0 Å². The van der Waals surface area contributed by atoms with Gasteiger partial charge >= 0.3 is 5.97 Å². The van der Waals surface area contributed by atoms with Crippen LogP contribution in [0.1, 0.15) is 51.3 Å². The lowest BCUT2D eigenvalue weighted by Crippen LogP contribution is -2.24. The summed E-state index contributed by atoms with van der Waals surface area (Å²) in [5, 5.41) is 16.1. The van der Waals surface area contributed by atoms with Crippen molar-refractivity contribution >= 4 is 29.1 Å². The van der Waals surface area contributed by atoms with Crippen molar-refractivity contribution in [1.82, 2.24) is 10.6 Å². The first-order chi connectivity index (χ1) is 12.6. The second-order valence-corrected chi connectivity index (χ2v) is 6.76. The average Bonchev–Trinajstić information content (AvgIpc) is 3.17. The summed E-state index contributed by atoms with van der Waals surface area (Å²) >= 11 is 1.39. The van der Waals surface area contributed by atoms with E-state index in [0.717, 1.165) is 18.4 Å². The van der Waals surface area contributed by atoms with E-state index in [1.165, 1.54) is 11.3 Å². The number of benzene rings is 1. The van der Waals surface area contributed by atoms with Crippen molar-refractivity contribution in [3.8, 4) is 0 Å². The van der Waals surface area contributed by atoms with Gasteiger partial charge in [0, 0.05) is 25.1 Å². The molecule has 7 heteroatoms. The zero-order chi connectivity index (χ0) is 18.8. The van der Waals surface area contributed by atoms with Gasteiger partial charge in [-0.2, -0.15) is 0 Å². The fourth-order valence-corrected chi connectivity index (χ4v) is 2.97. The molecule has 0 saturated carbocycles. The smallest absolute Gasteiger partial charge is 0.303 e. The molecule has 2 aromatic rings. The zero-order valence-corrected chi connectivity index (χ0v) is 15.2. The minimum Gasteiger partial charge on any atom is -0.481 e. The van der Waals surface area contributed by atoms with Crippen molar-refractivity contribution < 1.29 is 19.5 Å². The molecule has 6 nitrogen and oxygen atoms in total. The van der Waals surface area contributed by atoms with E-state index in [4.69, 9.17) is 5.11 Å². The maximum Gasteiger partial charge on any atom is 0.303 e. The van der Waals surface area contributed by atoms with E-state index in [2.05, 4.69) is 10.6 Å². The Morgan fingerprint density at radius 1 is 0.923 bits per heavy atom. The molecule has 0 aliphatic heterocycles. The molecule has 26 heavy (non-hydrogen) atoms. The summed E-state index contributed by atoms with van der Waals surface area (Å²) in [6, 6.07) is 10.7. The number of carbonyl (C=O) groups excluding carboxylic acids is 2. The first-order valence-electron chi connectivity index (χ1n) is 8.47. The molecule has 0 aliphatic carbocycles. The van der Waals surface area contributed by atoms with Crippen molar-refractivity contribution in [1.29, 1.82) is 0 Å². The molecule has 0 aliphatic rings. The predicted molar refractivity (Wildman–Crippen MR) is 100 cm³/mol. The van der Waals surface area contributed by atoms with Gasteiger partial charge in [0.15, 0.2) is 0 Å². The van der Waals surface area contributed by atoms with Gasteiger partial charge in [0.05, 0.1) is 4.88 Å². The third kappa shape index (κ3) is 6.68. The van der Waals surface area contributed by atoms with Crippen molar-refractivity contribution in [2.75, 3.05) is 6.54 Å². The number of carboxylic acids is 1. The lowest BCUT2D eigenvalue weighted by molar-refractivity contribution is -0.137. The zero-order valence-electron chi connectivity index (χ0n) is 14.4. The van der Waals surface area contributed by atoms with Crippen LogP contribution in [0.15, 0.2) is 41.8 Å². The maximum absolute atomic E-state index is 12.0. The van der Waals surface area contributed by atoms with Crippen molar-refractivity contribution in [2.24, 2.45) is 0 Å². The van der Waals surface area contributed by atoms with Gasteiger partial charge in [-0.1, -0.05) is 24.6 Å². The summed E-state index contributed by atoms with van der Waals surface area (Å²) in [7, 11) is 0. The van der Waals surface area contributed by atoms with Gasteiger partial charge in [0.2, 0.25) is 0 Å². The Morgan fingerprint density at radius 3 is 2.35 bits per heavy atom. The van der Waals surface area contributed by atoms with Crippen LogP contribution in [0.4, 0.5) is 0 Å². The molecule has 0 spiro atoms. The average molecular weight is 374 g/mol. The van der Waals surface area contributed by atoms with Crippen LogP contribution in [-0.4, -0.2) is 29.4 Å². The van der Waals surface area contributed by atoms with Crippen molar-refractivity contribution in [3.05, 3.63) is 57.8 Å². The minimum atomic E-state index is -0.791. The Labute approximate surface area is 156 Å². The lowest BCUT2D eigenvalue weighted by Gasteiger charge is -2.07. The molecule has 0 fully saturated rings. The van der Waals surface area contributed by atoms with E-state index >= 15 is 0 Å². The van der Waals surface area contributed by atoms with Crippen LogP contribution in [0.25, 0.3) is 0 Å². The molecular formula is C19H22N2O4S. The Hall–Kier alpha value is -2.67. The SMILES string of the molecule is O=C(O)CCCCCNC(=O)c1ccc(CNC(=O)c2cccs2)cc1. The van der Waals surface area contributed by atoms with E-state index in [1.54, 1.807) is 18.2 Å². The molecule has 1 aromatic heterocycles. The standard InChI is InChI=1S/C19H22N2O4S/c22-17(23)6-2-1-3-11-20-18(24)15-9-7-14(8-10-15)13-21-19(25)16-5-4-12-26-16/h4-5,7-10,12H,1-3,6,11,13H2,(H,20,24)(H,21,25)(H,22,23). The molecule has 3 N–H and O–H groups in total. The minimum absolute atomic E-state index is 0.107. The highest BCUT2D eigenvalue weighted by molar-refractivity contribution is 7.12. The molecule has 0 saturated heterocycles. The third-order valence-electron chi connectivity index (χ3n) is 3.77. The van der Waals surface area contributed by atoms with Gasteiger partial charge in [-0.3, -0.25) is 14.4 Å². The second kappa shape index (κ2) is 10.4. The molecule has 1 aromatic carbocycles. The Balaban J connectivity index is 1.70. The summed E-state index contributed by atoms with van der Waals surface area (Å²) < 4.78 is 0. The maximum atomic E-state index is 12.0. The monoisotopic (exact) mass is 374 g/mol. The van der Waals surface area contributed by atoms with E-state index in [1.807, 2.05) is 23.6 Å². The Bertz CT molecular complexity index is 727. The van der Waals surface area contributed by atoms with Gasteiger partial charge in [0.1, 0.15) is 0 Å². The van der Waals surface area contributed by atoms with Crippen LogP contribution in [-0.2, 0) is 11.3 Å². The Morgan fingerprint density at radius 2 is 1.69 bits per heavy atom. The summed E-state index contributed by atoms with van der Waals surface area (Å²) in [4.78, 5) is 35.0. The molecule has 0 atom stereocenters. The van der Waals surface area contributed by atoms with Crippen LogP contribution >= 0.6 is 11.3 Å². The number of nitrogens with one attached hydrogen (secondary N) is 2. The number of unbranched alkanes of at least 4 members (excludes halogenated alkanes) is 2. The van der Waals surface area contributed by atoms with E-state index in [9.17, 15) is 14.4 Å². The van der Waals surface area contributed by atoms with Crippen molar-refractivity contribution in [3.63, 3.8) is 0 Å². The molecular weight excluding hydrogens is 352 g/mol. The third-order valence-corrected chi connectivity index (χ3v) is 4.64. The fourth-order valence-electron chi connectivity index (χ4n) is 2.33. The largest absolute Gasteiger partial charge is 0.481 e. The van der Waals surface area contributed by atoms with Crippen LogP contribution in [0.5, 0.6) is 0 Å². The molecule has 0 radical (unpaired) electrons. The van der Waals surface area contributed by atoms with Gasteiger partial charge in [-0.15, -0.1) is 11.3 Å². The molecule has 0 bridgehead atoms. The van der Waals surface area contributed by atoms with Crippen LogP contribution in [0.2, 0.25) is 0 Å². The first kappa shape index (κ1) is 19.7. The summed E-state index contributed by atoms with van der Waals surface area (Å²) in [5.41, 5.74) is 1.48. The summed E-state index contributed by atoms with van der Waals surface area (Å²) in [5.74, 6) is -1.05. The van der Waals surface area contributed by atoms with Gasteiger partial charge < -0.3 is 15.7 Å².